The summed E-state index contributed by atoms with van der Waals surface area (Å²) in [6.07, 6.45) is 8.70. The van der Waals surface area contributed by atoms with Crippen LogP contribution in [0.4, 0.5) is 0 Å². The number of carbonyl (C=O) groups excluding carboxylic acids is 1. The molecule has 3 atom stereocenters. The van der Waals surface area contributed by atoms with Crippen molar-refractivity contribution >= 4 is 5.91 Å². The van der Waals surface area contributed by atoms with Crippen molar-refractivity contribution in [1.82, 2.24) is 14.8 Å². The van der Waals surface area contributed by atoms with Crippen LogP contribution in [0.3, 0.4) is 0 Å². The zero-order chi connectivity index (χ0) is 21.7. The number of amides is 1. The quantitative estimate of drug-likeness (QED) is 0.633. The van der Waals surface area contributed by atoms with Crippen LogP contribution < -0.4 is 0 Å². The molecule has 6 heteroatoms. The normalized spacial score (nSPS) is 27.9. The van der Waals surface area contributed by atoms with Crippen LogP contribution in [0.5, 0.6) is 0 Å². The molecule has 1 amide bonds. The summed E-state index contributed by atoms with van der Waals surface area (Å²) in [4.78, 5) is 22.3. The number of hydrogen-bond acceptors (Lipinski definition) is 5. The Morgan fingerprint density at radius 3 is 2.84 bits per heavy atom. The van der Waals surface area contributed by atoms with Crippen molar-refractivity contribution in [3.05, 3.63) is 30.1 Å². The van der Waals surface area contributed by atoms with Gasteiger partial charge in [0.15, 0.2) is 5.79 Å². The Morgan fingerprint density at radius 1 is 1.29 bits per heavy atom. The van der Waals surface area contributed by atoms with Crippen LogP contribution in [0.1, 0.15) is 58.1 Å². The molecule has 1 spiro atoms. The third kappa shape index (κ3) is 5.47. The number of pyridine rings is 1. The van der Waals surface area contributed by atoms with E-state index in [9.17, 15) is 4.79 Å². The maximum absolute atomic E-state index is 13.2. The number of likely N-dealkylation sites (tertiary alicyclic amines) is 1. The lowest BCUT2D eigenvalue weighted by molar-refractivity contribution is -0.203. The van der Waals surface area contributed by atoms with Gasteiger partial charge in [0.25, 0.3) is 0 Å². The highest BCUT2D eigenvalue weighted by Gasteiger charge is 2.48. The molecule has 31 heavy (non-hydrogen) atoms. The Balaban J connectivity index is 1.36. The molecule has 2 aliphatic heterocycles. The molecule has 1 saturated carbocycles. The molecule has 3 fully saturated rings. The van der Waals surface area contributed by atoms with Gasteiger partial charge in [-0.25, -0.2) is 0 Å². The summed E-state index contributed by atoms with van der Waals surface area (Å²) >= 11 is 0. The summed E-state index contributed by atoms with van der Waals surface area (Å²) in [6.45, 7) is 9.46. The highest BCUT2D eigenvalue weighted by atomic mass is 16.7. The van der Waals surface area contributed by atoms with E-state index in [1.54, 1.807) is 0 Å². The average Bonchev–Trinajstić information content (AvgIpc) is 3.22. The Hall–Kier alpha value is -1.50. The fraction of sp³-hybridized carbons (Fsp3) is 0.760. The standard InChI is InChI=1S/C25H39N3O3/c1-3-12-28-19-20(16-21-18-25(10-8-23(21)28)30-14-15-31-25)17-24(29)27(4-2)13-9-22-7-5-6-11-26-22/h5-7,11,20-21,23H,3-4,8-10,12-19H2,1-2H3/t20-,21-,23-/m1/s1. The van der Waals surface area contributed by atoms with Crippen molar-refractivity contribution in [2.75, 3.05) is 39.4 Å². The monoisotopic (exact) mass is 429 g/mol. The van der Waals surface area contributed by atoms with Gasteiger partial charge in [-0.2, -0.15) is 0 Å². The smallest absolute Gasteiger partial charge is 0.222 e. The summed E-state index contributed by atoms with van der Waals surface area (Å²) < 4.78 is 12.1. The first-order valence-corrected chi connectivity index (χ1v) is 12.3. The maximum atomic E-state index is 13.2. The minimum absolute atomic E-state index is 0.289. The molecule has 172 valence electrons. The molecule has 0 radical (unpaired) electrons. The lowest BCUT2D eigenvalue weighted by Crippen LogP contribution is -2.55. The number of ether oxygens (including phenoxy) is 2. The second kappa shape index (κ2) is 10.4. The Kier molecular flexibility index (Phi) is 7.62. The molecule has 0 bridgehead atoms. The van der Waals surface area contributed by atoms with Crippen molar-refractivity contribution in [2.24, 2.45) is 11.8 Å². The fourth-order valence-electron chi connectivity index (χ4n) is 6.01. The number of aromatic nitrogens is 1. The number of rotatable bonds is 8. The molecular weight excluding hydrogens is 390 g/mol. The summed E-state index contributed by atoms with van der Waals surface area (Å²) in [6, 6.07) is 6.60. The van der Waals surface area contributed by atoms with Gasteiger partial charge in [0, 0.05) is 63.3 Å². The van der Waals surface area contributed by atoms with Gasteiger partial charge >= 0.3 is 0 Å². The van der Waals surface area contributed by atoms with E-state index >= 15 is 0 Å². The van der Waals surface area contributed by atoms with Crippen LogP contribution in [0.25, 0.3) is 0 Å². The molecule has 3 aliphatic rings. The van der Waals surface area contributed by atoms with Crippen LogP contribution in [-0.4, -0.2) is 71.9 Å². The molecule has 4 rings (SSSR count). The van der Waals surface area contributed by atoms with E-state index in [1.165, 1.54) is 0 Å². The van der Waals surface area contributed by atoms with Gasteiger partial charge in [-0.05, 0) is 56.7 Å². The van der Waals surface area contributed by atoms with E-state index in [2.05, 4.69) is 23.7 Å². The molecular formula is C25H39N3O3. The topological polar surface area (TPSA) is 54.9 Å². The van der Waals surface area contributed by atoms with Gasteiger partial charge in [0.1, 0.15) is 0 Å². The van der Waals surface area contributed by atoms with Gasteiger partial charge in [-0.15, -0.1) is 0 Å². The summed E-state index contributed by atoms with van der Waals surface area (Å²) in [5.74, 6) is 0.926. The second-order valence-electron chi connectivity index (χ2n) is 9.52. The van der Waals surface area contributed by atoms with Crippen LogP contribution in [-0.2, 0) is 20.7 Å². The van der Waals surface area contributed by atoms with Gasteiger partial charge in [-0.1, -0.05) is 13.0 Å². The van der Waals surface area contributed by atoms with E-state index in [4.69, 9.17) is 9.47 Å². The van der Waals surface area contributed by atoms with Gasteiger partial charge < -0.3 is 14.4 Å². The van der Waals surface area contributed by atoms with E-state index in [0.29, 0.717) is 24.3 Å². The minimum atomic E-state index is -0.344. The third-order valence-corrected chi connectivity index (χ3v) is 7.42. The predicted molar refractivity (Wildman–Crippen MR) is 121 cm³/mol. The molecule has 0 unspecified atom stereocenters. The van der Waals surface area contributed by atoms with Crippen molar-refractivity contribution in [1.29, 1.82) is 0 Å². The second-order valence-corrected chi connectivity index (χ2v) is 9.52. The number of piperidine rings is 1. The lowest BCUT2D eigenvalue weighted by Gasteiger charge is -2.51. The number of fused-ring (bicyclic) bond motifs is 1. The third-order valence-electron chi connectivity index (χ3n) is 7.42. The molecule has 1 aromatic heterocycles. The predicted octanol–water partition coefficient (Wildman–Crippen LogP) is 3.51. The lowest BCUT2D eigenvalue weighted by atomic mass is 9.72. The minimum Gasteiger partial charge on any atom is -0.348 e. The largest absolute Gasteiger partial charge is 0.348 e. The molecule has 3 heterocycles. The number of nitrogens with zero attached hydrogens (tertiary/aromatic N) is 3. The van der Waals surface area contributed by atoms with Crippen LogP contribution in [0.15, 0.2) is 24.4 Å². The van der Waals surface area contributed by atoms with Crippen LogP contribution in [0.2, 0.25) is 0 Å². The van der Waals surface area contributed by atoms with Crippen LogP contribution >= 0.6 is 0 Å². The van der Waals surface area contributed by atoms with Crippen molar-refractivity contribution in [3.63, 3.8) is 0 Å². The zero-order valence-electron chi connectivity index (χ0n) is 19.3. The zero-order valence-corrected chi connectivity index (χ0v) is 19.3. The molecule has 2 saturated heterocycles. The first-order valence-electron chi connectivity index (χ1n) is 12.3. The molecule has 1 aliphatic carbocycles. The first-order chi connectivity index (χ1) is 15.1. The number of likely N-dealkylation sites (N-methyl/N-ethyl adjacent to an activating group) is 1. The van der Waals surface area contributed by atoms with E-state index < -0.39 is 0 Å². The molecule has 1 aromatic rings. The molecule has 0 aromatic carbocycles. The number of carbonyl (C=O) groups is 1. The van der Waals surface area contributed by atoms with E-state index in [-0.39, 0.29) is 11.7 Å². The van der Waals surface area contributed by atoms with Gasteiger partial charge in [0.05, 0.1) is 13.2 Å². The SMILES string of the molecule is CCCN1C[C@@H](CC(=O)N(CC)CCc2ccccn2)C[C@@H]2CC3(CC[C@H]21)OCCO3. The summed E-state index contributed by atoms with van der Waals surface area (Å²) in [5, 5.41) is 0. The summed E-state index contributed by atoms with van der Waals surface area (Å²) in [7, 11) is 0. The first kappa shape index (κ1) is 22.7. The Labute approximate surface area is 187 Å². The van der Waals surface area contributed by atoms with Crippen LogP contribution in [0, 0.1) is 11.8 Å². The van der Waals surface area contributed by atoms with Crippen molar-refractivity contribution in [3.8, 4) is 0 Å². The Morgan fingerprint density at radius 2 is 2.13 bits per heavy atom. The highest BCUT2D eigenvalue weighted by molar-refractivity contribution is 5.76. The van der Waals surface area contributed by atoms with E-state index in [1.807, 2.05) is 29.3 Å². The number of hydrogen-bond donors (Lipinski definition) is 0. The highest BCUT2D eigenvalue weighted by Crippen LogP contribution is 2.45. The van der Waals surface area contributed by atoms with Gasteiger partial charge in [0.2, 0.25) is 5.91 Å². The fourth-order valence-corrected chi connectivity index (χ4v) is 6.01. The van der Waals surface area contributed by atoms with Crippen molar-refractivity contribution < 1.29 is 14.3 Å². The average molecular weight is 430 g/mol. The summed E-state index contributed by atoms with van der Waals surface area (Å²) in [5.41, 5.74) is 1.05. The molecule has 0 N–H and O–H groups in total. The maximum Gasteiger partial charge on any atom is 0.222 e. The molecule has 6 nitrogen and oxygen atoms in total. The van der Waals surface area contributed by atoms with E-state index in [0.717, 1.165) is 83.6 Å². The Bertz CT molecular complexity index is 707. The van der Waals surface area contributed by atoms with Crippen molar-refractivity contribution in [2.45, 2.75) is 70.6 Å². The van der Waals surface area contributed by atoms with Gasteiger partial charge in [-0.3, -0.25) is 14.7 Å².